The molecule has 2 aliphatic carbocycles. The van der Waals surface area contributed by atoms with Crippen molar-refractivity contribution in [1.82, 2.24) is 14.9 Å². The predicted molar refractivity (Wildman–Crippen MR) is 176 cm³/mol. The lowest BCUT2D eigenvalue weighted by Crippen LogP contribution is -2.46. The third kappa shape index (κ3) is 8.32. The minimum Gasteiger partial charge on any atom is -0.323 e. The number of hydrogen-bond acceptors (Lipinski definition) is 5. The summed E-state index contributed by atoms with van der Waals surface area (Å²) >= 11 is 0. The van der Waals surface area contributed by atoms with Crippen LogP contribution in [0.25, 0.3) is 0 Å². The molecular formula is C37H56N4O2. The van der Waals surface area contributed by atoms with Gasteiger partial charge in [0.25, 0.3) is 0 Å². The average molecular weight is 589 g/mol. The largest absolute Gasteiger partial charge is 0.323 e. The van der Waals surface area contributed by atoms with Crippen molar-refractivity contribution in [3.05, 3.63) is 54.1 Å². The van der Waals surface area contributed by atoms with Crippen LogP contribution >= 0.6 is 0 Å². The molecule has 2 fully saturated rings. The monoisotopic (exact) mass is 588 g/mol. The Labute approximate surface area is 260 Å². The second kappa shape index (κ2) is 14.5. The average Bonchev–Trinajstić information content (AvgIpc) is 2.96. The van der Waals surface area contributed by atoms with Gasteiger partial charge in [0.15, 0.2) is 0 Å². The number of benzene rings is 1. The molecule has 0 aliphatic heterocycles. The number of aryl methyl sites for hydroxylation is 1. The molecule has 4 rings (SSSR count). The summed E-state index contributed by atoms with van der Waals surface area (Å²) in [5, 5.41) is 2.96. The summed E-state index contributed by atoms with van der Waals surface area (Å²) in [6.07, 6.45) is 15.1. The molecule has 43 heavy (non-hydrogen) atoms. The first-order valence-electron chi connectivity index (χ1n) is 16.8. The van der Waals surface area contributed by atoms with Crippen molar-refractivity contribution in [3.8, 4) is 0 Å². The SMILES string of the molecule is Cc1ncc(NC(=O)CC(C)C(CCC2(C)CCC(c3ccccc3)(N(C)C)CC2)C(=O)C(C)C(C)CC2CCC2)cn1. The van der Waals surface area contributed by atoms with Crippen molar-refractivity contribution < 1.29 is 9.59 Å². The van der Waals surface area contributed by atoms with Crippen LogP contribution in [0.3, 0.4) is 0 Å². The van der Waals surface area contributed by atoms with Gasteiger partial charge in [0, 0.05) is 23.8 Å². The van der Waals surface area contributed by atoms with Crippen LogP contribution in [0.4, 0.5) is 5.69 Å². The van der Waals surface area contributed by atoms with Crippen LogP contribution in [0.15, 0.2) is 42.7 Å². The zero-order valence-corrected chi connectivity index (χ0v) is 27.9. The standard InChI is InChI=1S/C37H56N4O2/c1-26(22-30-12-11-13-30)28(3)35(43)33(27(2)23-34(42)40-32-24-38-29(4)39-25-32)16-17-36(5)18-20-37(21-19-36,41(6)7)31-14-9-8-10-15-31/h8-10,14-15,24-28,30,33H,11-13,16-23H2,1-7H3,(H,40,42). The molecule has 2 aliphatic rings. The topological polar surface area (TPSA) is 75.2 Å². The minimum atomic E-state index is -0.120. The number of carbonyl (C=O) groups excluding carboxylic acids is 2. The molecule has 1 amide bonds. The third-order valence-corrected chi connectivity index (χ3v) is 11.4. The zero-order chi connectivity index (χ0) is 31.2. The maximum absolute atomic E-state index is 14.2. The van der Waals surface area contributed by atoms with Gasteiger partial charge >= 0.3 is 0 Å². The first-order chi connectivity index (χ1) is 20.4. The summed E-state index contributed by atoms with van der Waals surface area (Å²) in [5.41, 5.74) is 2.26. The molecule has 1 aromatic heterocycles. The fourth-order valence-electron chi connectivity index (χ4n) is 7.65. The molecular weight excluding hydrogens is 532 g/mol. The van der Waals surface area contributed by atoms with Crippen LogP contribution in [-0.2, 0) is 15.1 Å². The Morgan fingerprint density at radius 1 is 0.977 bits per heavy atom. The summed E-state index contributed by atoms with van der Waals surface area (Å²) in [7, 11) is 4.43. The molecule has 6 nitrogen and oxygen atoms in total. The van der Waals surface area contributed by atoms with Gasteiger partial charge in [0.1, 0.15) is 11.6 Å². The highest BCUT2D eigenvalue weighted by Crippen LogP contribution is 2.50. The van der Waals surface area contributed by atoms with Crippen molar-refractivity contribution in [1.29, 1.82) is 0 Å². The van der Waals surface area contributed by atoms with Crippen molar-refractivity contribution >= 4 is 17.4 Å². The number of anilines is 1. The highest BCUT2D eigenvalue weighted by atomic mass is 16.1. The number of amides is 1. The van der Waals surface area contributed by atoms with Crippen molar-refractivity contribution in [2.45, 2.75) is 111 Å². The smallest absolute Gasteiger partial charge is 0.224 e. The Kier molecular flexibility index (Phi) is 11.2. The van der Waals surface area contributed by atoms with Gasteiger partial charge in [-0.25, -0.2) is 9.97 Å². The Morgan fingerprint density at radius 3 is 2.16 bits per heavy atom. The van der Waals surface area contributed by atoms with E-state index in [1.165, 1.54) is 24.8 Å². The Morgan fingerprint density at radius 2 is 1.60 bits per heavy atom. The van der Waals surface area contributed by atoms with Gasteiger partial charge in [-0.05, 0) is 94.7 Å². The summed E-state index contributed by atoms with van der Waals surface area (Å²) in [5.74, 6) is 1.98. The fourth-order valence-corrected chi connectivity index (χ4v) is 7.65. The van der Waals surface area contributed by atoms with Gasteiger partial charge in [-0.15, -0.1) is 0 Å². The molecule has 1 aromatic carbocycles. The summed E-state index contributed by atoms with van der Waals surface area (Å²) in [6, 6.07) is 11.0. The van der Waals surface area contributed by atoms with E-state index in [0.29, 0.717) is 29.6 Å². The fraction of sp³-hybridized carbons (Fsp3) is 0.676. The molecule has 2 saturated carbocycles. The van der Waals surface area contributed by atoms with E-state index in [0.717, 1.165) is 50.9 Å². The van der Waals surface area contributed by atoms with Crippen LogP contribution in [0.1, 0.15) is 110 Å². The molecule has 1 N–H and O–H groups in total. The van der Waals surface area contributed by atoms with Gasteiger partial charge in [-0.2, -0.15) is 0 Å². The van der Waals surface area contributed by atoms with Gasteiger partial charge in [-0.3, -0.25) is 14.5 Å². The molecule has 1 heterocycles. The number of ketones is 1. The quantitative estimate of drug-likeness (QED) is 0.241. The highest BCUT2D eigenvalue weighted by molar-refractivity contribution is 5.91. The van der Waals surface area contributed by atoms with E-state index < -0.39 is 0 Å². The summed E-state index contributed by atoms with van der Waals surface area (Å²) in [6.45, 7) is 10.8. The second-order valence-corrected chi connectivity index (χ2v) is 14.7. The van der Waals surface area contributed by atoms with Crippen LogP contribution in [-0.4, -0.2) is 40.7 Å². The predicted octanol–water partition coefficient (Wildman–Crippen LogP) is 8.22. The molecule has 0 bridgehead atoms. The van der Waals surface area contributed by atoms with E-state index in [1.54, 1.807) is 12.4 Å². The molecule has 236 valence electrons. The number of nitrogens with one attached hydrogen (secondary N) is 1. The lowest BCUT2D eigenvalue weighted by molar-refractivity contribution is -0.130. The maximum atomic E-state index is 14.2. The molecule has 4 unspecified atom stereocenters. The zero-order valence-electron chi connectivity index (χ0n) is 27.9. The first-order valence-corrected chi connectivity index (χ1v) is 16.8. The molecule has 6 heteroatoms. The van der Waals surface area contributed by atoms with Crippen LogP contribution in [0, 0.1) is 41.9 Å². The Bertz CT molecular complexity index is 1180. The number of aromatic nitrogens is 2. The molecule has 0 spiro atoms. The minimum absolute atomic E-state index is 0.0141. The van der Waals surface area contributed by atoms with E-state index in [-0.39, 0.29) is 34.6 Å². The summed E-state index contributed by atoms with van der Waals surface area (Å²) < 4.78 is 0. The van der Waals surface area contributed by atoms with E-state index in [9.17, 15) is 9.59 Å². The van der Waals surface area contributed by atoms with Crippen molar-refractivity contribution in [2.75, 3.05) is 19.4 Å². The maximum Gasteiger partial charge on any atom is 0.224 e. The van der Waals surface area contributed by atoms with E-state index in [4.69, 9.17) is 0 Å². The Balaban J connectivity index is 1.44. The van der Waals surface area contributed by atoms with Gasteiger partial charge < -0.3 is 5.32 Å². The molecule has 0 radical (unpaired) electrons. The normalized spacial score (nSPS) is 25.4. The van der Waals surface area contributed by atoms with E-state index in [2.05, 4.69) is 92.3 Å². The van der Waals surface area contributed by atoms with Crippen molar-refractivity contribution in [2.24, 2.45) is 35.0 Å². The van der Waals surface area contributed by atoms with Gasteiger partial charge in [0.2, 0.25) is 5.91 Å². The highest BCUT2D eigenvalue weighted by Gasteiger charge is 2.43. The lowest BCUT2D eigenvalue weighted by atomic mass is 9.63. The number of carbonyl (C=O) groups is 2. The Hall–Kier alpha value is -2.60. The first kappa shape index (κ1) is 33.3. The van der Waals surface area contributed by atoms with Gasteiger partial charge in [-0.1, -0.05) is 77.3 Å². The number of Topliss-reactive ketones (excluding diaryl/α,β-unsaturated/α-hetero) is 1. The second-order valence-electron chi connectivity index (χ2n) is 14.7. The van der Waals surface area contributed by atoms with Crippen LogP contribution in [0.5, 0.6) is 0 Å². The molecule has 4 atom stereocenters. The van der Waals surface area contributed by atoms with Crippen LogP contribution in [0.2, 0.25) is 0 Å². The number of rotatable bonds is 14. The van der Waals surface area contributed by atoms with E-state index >= 15 is 0 Å². The molecule has 2 aromatic rings. The van der Waals surface area contributed by atoms with Crippen LogP contribution < -0.4 is 5.32 Å². The number of hydrogen-bond donors (Lipinski definition) is 1. The summed E-state index contributed by atoms with van der Waals surface area (Å²) in [4.78, 5) is 38.1. The number of nitrogens with zero attached hydrogens (tertiary/aromatic N) is 3. The van der Waals surface area contributed by atoms with E-state index in [1.807, 2.05) is 6.92 Å². The van der Waals surface area contributed by atoms with Crippen molar-refractivity contribution in [3.63, 3.8) is 0 Å². The third-order valence-electron chi connectivity index (χ3n) is 11.4. The lowest BCUT2D eigenvalue weighted by Gasteiger charge is -2.49. The van der Waals surface area contributed by atoms with Gasteiger partial charge in [0.05, 0.1) is 18.1 Å². The molecule has 0 saturated heterocycles.